The van der Waals surface area contributed by atoms with Gasteiger partial charge in [0.2, 0.25) is 0 Å². The van der Waals surface area contributed by atoms with Gasteiger partial charge < -0.3 is 21.7 Å². The molecule has 0 bridgehead atoms. The van der Waals surface area contributed by atoms with Gasteiger partial charge in [-0.05, 0) is 12.1 Å². The summed E-state index contributed by atoms with van der Waals surface area (Å²) < 4.78 is 26.9. The largest absolute Gasteiger partial charge is 2.00 e. The van der Waals surface area contributed by atoms with E-state index in [2.05, 4.69) is 6.26 Å². The van der Waals surface area contributed by atoms with E-state index in [1.165, 1.54) is 13.2 Å². The minimum Gasteiger partial charge on any atom is -1.00 e. The van der Waals surface area contributed by atoms with E-state index in [4.69, 9.17) is 4.74 Å². The van der Waals surface area contributed by atoms with Crippen molar-refractivity contribution in [1.29, 1.82) is 0 Å². The minimum absolute atomic E-state index is 0. The SMILES string of the molecule is [Br-].[CH2-]S(=O)(=O)c1ccccc1OC.[Mg+2]. The first-order valence-corrected chi connectivity index (χ1v) is 4.92. The van der Waals surface area contributed by atoms with E-state index < -0.39 is 9.84 Å². The topological polar surface area (TPSA) is 43.4 Å². The van der Waals surface area contributed by atoms with Crippen LogP contribution in [-0.4, -0.2) is 38.6 Å². The molecule has 6 heteroatoms. The molecule has 0 saturated carbocycles. The van der Waals surface area contributed by atoms with Gasteiger partial charge >= 0.3 is 23.1 Å². The summed E-state index contributed by atoms with van der Waals surface area (Å²) in [5.41, 5.74) is 0. The molecule has 74 valence electrons. The second kappa shape index (κ2) is 6.65. The molecule has 0 atom stereocenters. The van der Waals surface area contributed by atoms with Crippen LogP contribution in [0.3, 0.4) is 0 Å². The van der Waals surface area contributed by atoms with Gasteiger partial charge in [0.15, 0.2) is 0 Å². The van der Waals surface area contributed by atoms with Gasteiger partial charge in [-0.15, -0.1) is 0 Å². The predicted molar refractivity (Wildman–Crippen MR) is 51.3 cm³/mol. The minimum atomic E-state index is -3.42. The number of benzene rings is 1. The van der Waals surface area contributed by atoms with Crippen LogP contribution in [0.4, 0.5) is 0 Å². The van der Waals surface area contributed by atoms with Crippen molar-refractivity contribution >= 4 is 32.9 Å². The number of sulfone groups is 1. The molecule has 0 saturated heterocycles. The fourth-order valence-corrected chi connectivity index (χ4v) is 1.62. The molecule has 1 rings (SSSR count). The third-order valence-electron chi connectivity index (χ3n) is 1.40. The Morgan fingerprint density at radius 3 is 2.14 bits per heavy atom. The molecule has 0 aliphatic rings. The third-order valence-corrected chi connectivity index (χ3v) is 2.41. The molecule has 0 amide bonds. The van der Waals surface area contributed by atoms with Crippen LogP contribution in [0.5, 0.6) is 5.75 Å². The van der Waals surface area contributed by atoms with E-state index in [-0.39, 0.29) is 44.9 Å². The molecule has 0 aromatic heterocycles. The number of hydrogen-bond acceptors (Lipinski definition) is 3. The van der Waals surface area contributed by atoms with Gasteiger partial charge in [-0.1, -0.05) is 12.1 Å². The van der Waals surface area contributed by atoms with Crippen molar-refractivity contribution in [3.05, 3.63) is 30.5 Å². The molecule has 1 aromatic carbocycles. The third kappa shape index (κ3) is 4.16. The van der Waals surface area contributed by atoms with E-state index in [1.807, 2.05) is 0 Å². The molecule has 3 nitrogen and oxygen atoms in total. The monoisotopic (exact) mass is 288 g/mol. The second-order valence-electron chi connectivity index (χ2n) is 2.27. The normalized spacial score (nSPS) is 9.57. The molecule has 0 spiro atoms. The number of methoxy groups -OCH3 is 1. The first-order chi connectivity index (χ1) is 5.55. The Kier molecular flexibility index (Phi) is 7.91. The maximum atomic E-state index is 11.0. The van der Waals surface area contributed by atoms with Gasteiger partial charge in [-0.25, -0.2) is 6.26 Å². The number of rotatable bonds is 2. The average molecular weight is 289 g/mol. The number of halogens is 1. The van der Waals surface area contributed by atoms with Gasteiger partial charge in [-0.2, -0.15) is 0 Å². The summed E-state index contributed by atoms with van der Waals surface area (Å²) in [6, 6.07) is 6.37. The number of hydrogen-bond donors (Lipinski definition) is 0. The molecule has 0 unspecified atom stereocenters. The van der Waals surface area contributed by atoms with E-state index in [9.17, 15) is 8.42 Å². The van der Waals surface area contributed by atoms with Crippen molar-refractivity contribution in [2.75, 3.05) is 7.11 Å². The number of para-hydroxylation sites is 1. The van der Waals surface area contributed by atoms with Crippen molar-refractivity contribution in [2.24, 2.45) is 0 Å². The Hall–Kier alpha value is 0.216. The van der Waals surface area contributed by atoms with Crippen LogP contribution in [0.25, 0.3) is 0 Å². The van der Waals surface area contributed by atoms with Gasteiger partial charge in [-0.3, -0.25) is 8.42 Å². The molecule has 0 heterocycles. The van der Waals surface area contributed by atoms with E-state index >= 15 is 0 Å². The van der Waals surface area contributed by atoms with Crippen molar-refractivity contribution in [1.82, 2.24) is 0 Å². The van der Waals surface area contributed by atoms with Crippen LogP contribution in [0, 0.1) is 6.26 Å². The zero-order valence-electron chi connectivity index (χ0n) is 7.73. The van der Waals surface area contributed by atoms with E-state index in [1.54, 1.807) is 18.2 Å². The molecule has 0 aliphatic heterocycles. The quantitative estimate of drug-likeness (QED) is 0.462. The average Bonchev–Trinajstić information content (AvgIpc) is 2.03. The zero-order chi connectivity index (χ0) is 9.19. The summed E-state index contributed by atoms with van der Waals surface area (Å²) in [7, 11) is -2.00. The van der Waals surface area contributed by atoms with Crippen molar-refractivity contribution in [2.45, 2.75) is 4.90 Å². The van der Waals surface area contributed by atoms with Crippen LogP contribution in [-0.2, 0) is 9.84 Å². The van der Waals surface area contributed by atoms with E-state index in [0.29, 0.717) is 5.75 Å². The summed E-state index contributed by atoms with van der Waals surface area (Å²) in [6.45, 7) is 0. The van der Waals surface area contributed by atoms with Crippen LogP contribution in [0.15, 0.2) is 29.2 Å². The smallest absolute Gasteiger partial charge is 1.00 e. The van der Waals surface area contributed by atoms with E-state index in [0.717, 1.165) is 0 Å². The summed E-state index contributed by atoms with van der Waals surface area (Å²) in [5, 5.41) is 0. The first kappa shape index (κ1) is 16.6. The molecule has 0 fully saturated rings. The Morgan fingerprint density at radius 2 is 1.79 bits per heavy atom. The second-order valence-corrected chi connectivity index (χ2v) is 3.93. The predicted octanol–water partition coefficient (Wildman–Crippen LogP) is -2.12. The summed E-state index contributed by atoms with van der Waals surface area (Å²) in [4.78, 5) is 0.118. The Labute approximate surface area is 111 Å². The summed E-state index contributed by atoms with van der Waals surface area (Å²) in [5.74, 6) is 0.326. The Bertz CT molecular complexity index is 378. The maximum Gasteiger partial charge on any atom is 2.00 e. The van der Waals surface area contributed by atoms with Gasteiger partial charge in [0.1, 0.15) is 5.75 Å². The van der Waals surface area contributed by atoms with Crippen LogP contribution < -0.4 is 21.7 Å². The van der Waals surface area contributed by atoms with Gasteiger partial charge in [0.05, 0.1) is 21.8 Å². The van der Waals surface area contributed by atoms with Crippen LogP contribution in [0.1, 0.15) is 0 Å². The zero-order valence-corrected chi connectivity index (χ0v) is 11.6. The standard InChI is InChI=1S/C8H9O3S.BrH.Mg/c1-11-7-5-3-4-6-8(7)12(2,9)10;;/h3-6H,2H2,1H3;1H;/q-1;;+2/p-1. The van der Waals surface area contributed by atoms with Crippen molar-refractivity contribution < 1.29 is 30.1 Å². The first-order valence-electron chi connectivity index (χ1n) is 3.27. The van der Waals surface area contributed by atoms with Crippen molar-refractivity contribution in [3.8, 4) is 5.75 Å². The molecule has 1 aromatic rings. The Morgan fingerprint density at radius 1 is 1.29 bits per heavy atom. The Balaban J connectivity index is 0. The maximum absolute atomic E-state index is 11.0. The van der Waals surface area contributed by atoms with Crippen LogP contribution in [0.2, 0.25) is 0 Å². The summed E-state index contributed by atoms with van der Waals surface area (Å²) in [6.07, 6.45) is 3.04. The molecule has 0 N–H and O–H groups in total. The summed E-state index contributed by atoms with van der Waals surface area (Å²) >= 11 is 0. The van der Waals surface area contributed by atoms with Gasteiger partial charge in [0, 0.05) is 0 Å². The molecule has 0 radical (unpaired) electrons. The van der Waals surface area contributed by atoms with Crippen LogP contribution >= 0.6 is 0 Å². The molecule has 0 aliphatic carbocycles. The fraction of sp³-hybridized carbons (Fsp3) is 0.125. The van der Waals surface area contributed by atoms with Crippen molar-refractivity contribution in [3.63, 3.8) is 0 Å². The van der Waals surface area contributed by atoms with Gasteiger partial charge in [0.25, 0.3) is 0 Å². The fourth-order valence-electron chi connectivity index (χ4n) is 0.876. The molecule has 14 heavy (non-hydrogen) atoms. The number of ether oxygens (including phenoxy) is 1. The molecular weight excluding hydrogens is 280 g/mol. The molecular formula is C8H9BrMgO3S.